The van der Waals surface area contributed by atoms with Gasteiger partial charge in [0, 0.05) is 37.8 Å². The zero-order valence-corrected chi connectivity index (χ0v) is 12.7. The molecule has 0 aliphatic heterocycles. The molecule has 1 heterocycles. The molecule has 0 aliphatic carbocycles. The number of nitrogens with zero attached hydrogens (tertiary/aromatic N) is 2. The van der Waals surface area contributed by atoms with Crippen LogP contribution in [0.5, 0.6) is 0 Å². The monoisotopic (exact) mass is 290 g/mol. The summed E-state index contributed by atoms with van der Waals surface area (Å²) in [5.41, 5.74) is 3.66. The minimum Gasteiger partial charge on any atom is -0.378 e. The summed E-state index contributed by atoms with van der Waals surface area (Å²) >= 11 is 0. The maximum Gasteiger partial charge on any atom is 0.151 e. The summed E-state index contributed by atoms with van der Waals surface area (Å²) in [6.45, 7) is 0. The second-order valence-electron chi connectivity index (χ2n) is 5.07. The first kappa shape index (κ1) is 14.5. The van der Waals surface area contributed by atoms with Crippen molar-refractivity contribution in [2.75, 3.05) is 25.3 Å². The van der Waals surface area contributed by atoms with E-state index in [9.17, 15) is 8.42 Å². The molecule has 0 atom stereocenters. The predicted octanol–water partition coefficient (Wildman–Crippen LogP) is 2.36. The minimum absolute atomic E-state index is 0.0258. The van der Waals surface area contributed by atoms with Crippen molar-refractivity contribution in [2.45, 2.75) is 5.75 Å². The molecule has 0 N–H and O–H groups in total. The number of benzene rings is 1. The molecule has 0 radical (unpaired) electrons. The van der Waals surface area contributed by atoms with Crippen molar-refractivity contribution in [3.63, 3.8) is 0 Å². The van der Waals surface area contributed by atoms with E-state index in [4.69, 9.17) is 0 Å². The molecular formula is C15H18N2O2S. The Kier molecular flexibility index (Phi) is 4.09. The van der Waals surface area contributed by atoms with E-state index >= 15 is 0 Å². The van der Waals surface area contributed by atoms with E-state index in [1.54, 1.807) is 6.20 Å². The lowest BCUT2D eigenvalue weighted by molar-refractivity contribution is 0.601. The molecule has 0 bridgehead atoms. The van der Waals surface area contributed by atoms with Gasteiger partial charge in [0.25, 0.3) is 0 Å². The Morgan fingerprint density at radius 1 is 1.15 bits per heavy atom. The SMILES string of the molecule is CN(C)c1cccc(-c2ccc(CS(C)(=O)=O)cn2)c1. The highest BCUT2D eigenvalue weighted by molar-refractivity contribution is 7.89. The molecule has 4 nitrogen and oxygen atoms in total. The number of rotatable bonds is 4. The number of anilines is 1. The first-order valence-corrected chi connectivity index (χ1v) is 8.31. The smallest absolute Gasteiger partial charge is 0.151 e. The summed E-state index contributed by atoms with van der Waals surface area (Å²) in [6.07, 6.45) is 2.85. The molecule has 5 heteroatoms. The fourth-order valence-corrected chi connectivity index (χ4v) is 2.70. The van der Waals surface area contributed by atoms with Gasteiger partial charge in [-0.25, -0.2) is 8.42 Å². The first-order valence-electron chi connectivity index (χ1n) is 6.25. The molecule has 0 saturated carbocycles. The van der Waals surface area contributed by atoms with Crippen LogP contribution in [0.15, 0.2) is 42.6 Å². The van der Waals surface area contributed by atoms with Crippen LogP contribution in [0, 0.1) is 0 Å². The lowest BCUT2D eigenvalue weighted by atomic mass is 10.1. The summed E-state index contributed by atoms with van der Waals surface area (Å²) in [7, 11) is 0.956. The molecule has 0 amide bonds. The van der Waals surface area contributed by atoms with Gasteiger partial charge in [-0.05, 0) is 23.8 Å². The molecule has 0 fully saturated rings. The summed E-state index contributed by atoms with van der Waals surface area (Å²) in [5, 5.41) is 0. The largest absolute Gasteiger partial charge is 0.378 e. The van der Waals surface area contributed by atoms with Gasteiger partial charge in [-0.1, -0.05) is 18.2 Å². The molecule has 2 aromatic rings. The minimum atomic E-state index is -3.02. The normalized spacial score (nSPS) is 11.3. The van der Waals surface area contributed by atoms with E-state index in [1.165, 1.54) is 6.26 Å². The molecule has 0 saturated heterocycles. The van der Waals surface area contributed by atoms with Crippen LogP contribution in [0.25, 0.3) is 11.3 Å². The Balaban J connectivity index is 2.28. The molecule has 0 spiro atoms. The van der Waals surface area contributed by atoms with E-state index in [0.717, 1.165) is 16.9 Å². The standard InChI is InChI=1S/C15H18N2O2S/c1-17(2)14-6-4-5-13(9-14)15-8-7-12(10-16-15)11-20(3,18)19/h4-10H,11H2,1-3H3. The second-order valence-corrected chi connectivity index (χ2v) is 7.21. The second kappa shape index (κ2) is 5.63. The molecular weight excluding hydrogens is 272 g/mol. The summed E-state index contributed by atoms with van der Waals surface area (Å²) < 4.78 is 22.5. The van der Waals surface area contributed by atoms with Crippen molar-refractivity contribution >= 4 is 15.5 Å². The molecule has 20 heavy (non-hydrogen) atoms. The summed E-state index contributed by atoms with van der Waals surface area (Å²) in [5.74, 6) is 0.0258. The Morgan fingerprint density at radius 2 is 1.90 bits per heavy atom. The first-order chi connectivity index (χ1) is 9.35. The Bertz CT molecular complexity index is 692. The zero-order valence-electron chi connectivity index (χ0n) is 11.9. The van der Waals surface area contributed by atoms with E-state index in [0.29, 0.717) is 5.56 Å². The van der Waals surface area contributed by atoms with Gasteiger partial charge in [0.15, 0.2) is 9.84 Å². The number of pyridine rings is 1. The van der Waals surface area contributed by atoms with Crippen molar-refractivity contribution in [3.8, 4) is 11.3 Å². The van der Waals surface area contributed by atoms with Crippen molar-refractivity contribution in [2.24, 2.45) is 0 Å². The average molecular weight is 290 g/mol. The highest BCUT2D eigenvalue weighted by atomic mass is 32.2. The van der Waals surface area contributed by atoms with E-state index in [2.05, 4.69) is 11.1 Å². The summed E-state index contributed by atoms with van der Waals surface area (Å²) in [6, 6.07) is 11.7. The van der Waals surface area contributed by atoms with Crippen LogP contribution in [0.4, 0.5) is 5.69 Å². The Morgan fingerprint density at radius 3 is 2.45 bits per heavy atom. The van der Waals surface area contributed by atoms with Gasteiger partial charge in [0.2, 0.25) is 0 Å². The maximum atomic E-state index is 11.2. The van der Waals surface area contributed by atoms with Crippen molar-refractivity contribution in [3.05, 3.63) is 48.2 Å². The van der Waals surface area contributed by atoms with Crippen LogP contribution in [-0.4, -0.2) is 33.8 Å². The van der Waals surface area contributed by atoms with Crippen molar-refractivity contribution in [1.82, 2.24) is 4.98 Å². The van der Waals surface area contributed by atoms with E-state index < -0.39 is 9.84 Å². The van der Waals surface area contributed by atoms with Crippen LogP contribution >= 0.6 is 0 Å². The lowest BCUT2D eigenvalue weighted by Crippen LogP contribution is -2.08. The predicted molar refractivity (Wildman–Crippen MR) is 82.5 cm³/mol. The number of sulfone groups is 1. The molecule has 1 aromatic heterocycles. The van der Waals surface area contributed by atoms with Gasteiger partial charge in [0.1, 0.15) is 0 Å². The van der Waals surface area contributed by atoms with Gasteiger partial charge in [0.05, 0.1) is 11.4 Å². The fourth-order valence-electron chi connectivity index (χ4n) is 1.93. The Hall–Kier alpha value is -1.88. The summed E-state index contributed by atoms with van der Waals surface area (Å²) in [4.78, 5) is 6.38. The van der Waals surface area contributed by atoms with Crippen LogP contribution in [0.2, 0.25) is 0 Å². The number of hydrogen-bond acceptors (Lipinski definition) is 4. The van der Waals surface area contributed by atoms with E-state index in [-0.39, 0.29) is 5.75 Å². The average Bonchev–Trinajstić information content (AvgIpc) is 2.38. The number of aromatic nitrogens is 1. The van der Waals surface area contributed by atoms with Gasteiger partial charge in [-0.3, -0.25) is 4.98 Å². The third kappa shape index (κ3) is 3.81. The van der Waals surface area contributed by atoms with Crippen molar-refractivity contribution < 1.29 is 8.42 Å². The van der Waals surface area contributed by atoms with Crippen LogP contribution in [0.3, 0.4) is 0 Å². The van der Waals surface area contributed by atoms with Crippen molar-refractivity contribution in [1.29, 1.82) is 0 Å². The highest BCUT2D eigenvalue weighted by Gasteiger charge is 2.06. The highest BCUT2D eigenvalue weighted by Crippen LogP contribution is 2.22. The van der Waals surface area contributed by atoms with Crippen LogP contribution in [0.1, 0.15) is 5.56 Å². The molecule has 1 aromatic carbocycles. The van der Waals surface area contributed by atoms with E-state index in [1.807, 2.05) is 49.3 Å². The fraction of sp³-hybridized carbons (Fsp3) is 0.267. The maximum absolute atomic E-state index is 11.2. The van der Waals surface area contributed by atoms with Gasteiger partial charge in [-0.15, -0.1) is 0 Å². The third-order valence-electron chi connectivity index (χ3n) is 2.91. The van der Waals surface area contributed by atoms with Gasteiger partial charge in [-0.2, -0.15) is 0 Å². The number of hydrogen-bond donors (Lipinski definition) is 0. The Labute approximate surface area is 120 Å². The zero-order chi connectivity index (χ0) is 14.8. The van der Waals surface area contributed by atoms with Crippen LogP contribution < -0.4 is 4.90 Å². The molecule has 0 aliphatic rings. The van der Waals surface area contributed by atoms with Gasteiger partial charge < -0.3 is 4.90 Å². The van der Waals surface area contributed by atoms with Crippen LogP contribution in [-0.2, 0) is 15.6 Å². The third-order valence-corrected chi connectivity index (χ3v) is 3.77. The van der Waals surface area contributed by atoms with Gasteiger partial charge >= 0.3 is 0 Å². The molecule has 106 valence electrons. The quantitative estimate of drug-likeness (QED) is 0.867. The molecule has 2 rings (SSSR count). The molecule has 0 unspecified atom stereocenters. The lowest BCUT2D eigenvalue weighted by Gasteiger charge is -2.13. The topological polar surface area (TPSA) is 50.3 Å².